The molecule has 0 saturated carbocycles. The fourth-order valence-electron chi connectivity index (χ4n) is 4.66. The molecule has 2 aromatic carbocycles. The molecule has 5 heteroatoms. The second kappa shape index (κ2) is 6.99. The molecule has 1 fully saturated rings. The zero-order chi connectivity index (χ0) is 19.8. The highest BCUT2D eigenvalue weighted by molar-refractivity contribution is 5.79. The zero-order valence-corrected chi connectivity index (χ0v) is 16.6. The second-order valence-electron chi connectivity index (χ2n) is 7.90. The first-order valence-corrected chi connectivity index (χ1v) is 10.1. The van der Waals surface area contributed by atoms with Crippen LogP contribution in [-0.2, 0) is 16.8 Å². The van der Waals surface area contributed by atoms with E-state index in [-0.39, 0.29) is 11.4 Å². The van der Waals surface area contributed by atoms with E-state index in [9.17, 15) is 4.79 Å². The number of methoxy groups -OCH3 is 1. The minimum Gasteiger partial charge on any atom is -0.497 e. The molecule has 29 heavy (non-hydrogen) atoms. The third kappa shape index (κ3) is 3.07. The molecule has 3 aromatic rings. The van der Waals surface area contributed by atoms with E-state index in [0.29, 0.717) is 6.42 Å². The topological polar surface area (TPSA) is 46.5 Å². The lowest BCUT2D eigenvalue weighted by molar-refractivity contribution is -0.132. The molecule has 148 valence electrons. The van der Waals surface area contributed by atoms with Crippen LogP contribution in [0.1, 0.15) is 24.1 Å². The molecule has 3 heterocycles. The number of nitrogens with one attached hydrogen (secondary N) is 1. The number of nitrogens with zero attached hydrogens (tertiary/aromatic N) is 2. The Morgan fingerprint density at radius 3 is 2.62 bits per heavy atom. The van der Waals surface area contributed by atoms with Gasteiger partial charge in [-0.15, -0.1) is 0 Å². The summed E-state index contributed by atoms with van der Waals surface area (Å²) in [6, 6.07) is 20.4. The molecule has 1 saturated heterocycles. The Balaban J connectivity index is 1.37. The molecular formula is C24H25N3O2. The number of fused-ring (bicyclic) bond motifs is 4. The van der Waals surface area contributed by atoms with Gasteiger partial charge in [-0.25, -0.2) is 0 Å². The summed E-state index contributed by atoms with van der Waals surface area (Å²) >= 11 is 0. The van der Waals surface area contributed by atoms with Crippen molar-refractivity contribution in [1.29, 1.82) is 0 Å². The van der Waals surface area contributed by atoms with E-state index in [4.69, 9.17) is 4.74 Å². The number of likely N-dealkylation sites (tertiary alicyclic amines) is 1. The van der Waals surface area contributed by atoms with Gasteiger partial charge in [0, 0.05) is 31.0 Å². The van der Waals surface area contributed by atoms with Crippen molar-refractivity contribution >= 4 is 11.6 Å². The number of anilines is 1. The highest BCUT2D eigenvalue weighted by Gasteiger charge is 2.42. The average molecular weight is 387 g/mol. The molecule has 1 aromatic heterocycles. The van der Waals surface area contributed by atoms with Crippen LogP contribution in [0.2, 0.25) is 0 Å². The number of piperidine rings is 1. The minimum absolute atomic E-state index is 0.160. The van der Waals surface area contributed by atoms with E-state index >= 15 is 0 Å². The summed E-state index contributed by atoms with van der Waals surface area (Å²) < 4.78 is 7.70. The molecule has 0 atom stereocenters. The Bertz CT molecular complexity index is 1030. The van der Waals surface area contributed by atoms with Crippen molar-refractivity contribution in [1.82, 2.24) is 9.47 Å². The van der Waals surface area contributed by atoms with E-state index in [0.717, 1.165) is 48.6 Å². The van der Waals surface area contributed by atoms with E-state index in [2.05, 4.69) is 40.3 Å². The molecule has 0 radical (unpaired) electrons. The number of carbonyl (C=O) groups excluding carboxylic acids is 1. The van der Waals surface area contributed by atoms with Crippen molar-refractivity contribution in [3.63, 3.8) is 0 Å². The molecule has 1 N–H and O–H groups in total. The monoisotopic (exact) mass is 387 g/mol. The van der Waals surface area contributed by atoms with Crippen molar-refractivity contribution in [2.45, 2.75) is 24.8 Å². The minimum atomic E-state index is -0.160. The van der Waals surface area contributed by atoms with E-state index < -0.39 is 0 Å². The van der Waals surface area contributed by atoms with E-state index in [1.54, 1.807) is 7.11 Å². The molecule has 1 amide bonds. The SMILES string of the molecule is COc1ccc2c(c1)NC1(CCN(C(=O)Cc3ccccc3)CC1)c1cccn1-2. The van der Waals surface area contributed by atoms with Crippen LogP contribution in [-0.4, -0.2) is 35.6 Å². The van der Waals surface area contributed by atoms with Gasteiger partial charge in [-0.2, -0.15) is 0 Å². The maximum Gasteiger partial charge on any atom is 0.226 e. The van der Waals surface area contributed by atoms with Crippen molar-refractivity contribution < 1.29 is 9.53 Å². The Kier molecular flexibility index (Phi) is 4.31. The van der Waals surface area contributed by atoms with Gasteiger partial charge in [0.15, 0.2) is 0 Å². The summed E-state index contributed by atoms with van der Waals surface area (Å²) in [4.78, 5) is 14.8. The molecule has 5 rings (SSSR count). The summed E-state index contributed by atoms with van der Waals surface area (Å²) in [6.45, 7) is 1.51. The second-order valence-corrected chi connectivity index (χ2v) is 7.90. The lowest BCUT2D eigenvalue weighted by Crippen LogP contribution is -2.51. The quantitative estimate of drug-likeness (QED) is 0.740. The number of carbonyl (C=O) groups is 1. The largest absolute Gasteiger partial charge is 0.497 e. The van der Waals surface area contributed by atoms with Crippen LogP contribution in [0, 0.1) is 0 Å². The third-order valence-electron chi connectivity index (χ3n) is 6.24. The molecule has 1 spiro atoms. The number of ether oxygens (including phenoxy) is 1. The number of rotatable bonds is 3. The number of hydrogen-bond donors (Lipinski definition) is 1. The summed E-state index contributed by atoms with van der Waals surface area (Å²) in [6.07, 6.45) is 4.36. The van der Waals surface area contributed by atoms with Crippen LogP contribution in [0.15, 0.2) is 66.9 Å². The van der Waals surface area contributed by atoms with Gasteiger partial charge in [-0.1, -0.05) is 30.3 Å². The van der Waals surface area contributed by atoms with Crippen LogP contribution < -0.4 is 10.1 Å². The van der Waals surface area contributed by atoms with Crippen molar-refractivity contribution in [3.8, 4) is 11.4 Å². The Morgan fingerprint density at radius 1 is 1.07 bits per heavy atom. The van der Waals surface area contributed by atoms with Gasteiger partial charge in [-0.3, -0.25) is 4.79 Å². The predicted molar refractivity (Wildman–Crippen MR) is 114 cm³/mol. The van der Waals surface area contributed by atoms with E-state index in [1.165, 1.54) is 5.69 Å². The Labute approximate surface area is 170 Å². The first kappa shape index (κ1) is 17.9. The standard InChI is InChI=1S/C24H25N3O2/c1-29-19-9-10-21-20(17-19)25-24(22-8-5-13-27(21)22)11-14-26(15-12-24)23(28)16-18-6-3-2-4-7-18/h2-10,13,17,25H,11-12,14-16H2,1H3. The highest BCUT2D eigenvalue weighted by Crippen LogP contribution is 2.44. The molecule has 0 unspecified atom stereocenters. The van der Waals surface area contributed by atoms with Crippen molar-refractivity contribution in [3.05, 3.63) is 78.1 Å². The zero-order valence-electron chi connectivity index (χ0n) is 16.6. The lowest BCUT2D eigenvalue weighted by atomic mass is 9.82. The maximum absolute atomic E-state index is 12.8. The van der Waals surface area contributed by atoms with Gasteiger partial charge in [0.1, 0.15) is 5.75 Å². The molecule has 2 aliphatic heterocycles. The smallest absolute Gasteiger partial charge is 0.226 e. The van der Waals surface area contributed by atoms with Gasteiger partial charge in [0.25, 0.3) is 0 Å². The fourth-order valence-corrected chi connectivity index (χ4v) is 4.66. The molecule has 2 aliphatic rings. The van der Waals surface area contributed by atoms with Crippen molar-refractivity contribution in [2.75, 3.05) is 25.5 Å². The summed E-state index contributed by atoms with van der Waals surface area (Å²) in [5.74, 6) is 1.05. The third-order valence-corrected chi connectivity index (χ3v) is 6.24. The molecular weight excluding hydrogens is 362 g/mol. The molecule has 0 aliphatic carbocycles. The fraction of sp³-hybridized carbons (Fsp3) is 0.292. The maximum atomic E-state index is 12.8. The van der Waals surface area contributed by atoms with E-state index in [1.807, 2.05) is 41.3 Å². The Morgan fingerprint density at radius 2 is 1.86 bits per heavy atom. The summed E-state index contributed by atoms with van der Waals surface area (Å²) in [7, 11) is 1.69. The highest BCUT2D eigenvalue weighted by atomic mass is 16.5. The van der Waals surface area contributed by atoms with Gasteiger partial charge < -0.3 is 19.5 Å². The number of hydrogen-bond acceptors (Lipinski definition) is 3. The van der Waals surface area contributed by atoms with Crippen molar-refractivity contribution in [2.24, 2.45) is 0 Å². The summed E-state index contributed by atoms with van der Waals surface area (Å²) in [5, 5.41) is 3.80. The van der Waals surface area contributed by atoms with Crippen LogP contribution >= 0.6 is 0 Å². The van der Waals surface area contributed by atoms with Crippen LogP contribution in [0.5, 0.6) is 5.75 Å². The number of benzene rings is 2. The predicted octanol–water partition coefficient (Wildman–Crippen LogP) is 3.97. The molecule has 5 nitrogen and oxygen atoms in total. The van der Waals surface area contributed by atoms with Crippen LogP contribution in [0.25, 0.3) is 5.69 Å². The van der Waals surface area contributed by atoms with Gasteiger partial charge in [0.05, 0.1) is 30.4 Å². The first-order valence-electron chi connectivity index (χ1n) is 10.1. The van der Waals surface area contributed by atoms with Gasteiger partial charge in [0.2, 0.25) is 5.91 Å². The Hall–Kier alpha value is -3.21. The van der Waals surface area contributed by atoms with Crippen LogP contribution in [0.3, 0.4) is 0 Å². The van der Waals surface area contributed by atoms with Crippen LogP contribution in [0.4, 0.5) is 5.69 Å². The normalized spacial score (nSPS) is 16.7. The summed E-state index contributed by atoms with van der Waals surface area (Å²) in [5.41, 5.74) is 4.40. The average Bonchev–Trinajstić information content (AvgIpc) is 3.26. The van der Waals surface area contributed by atoms with Gasteiger partial charge in [-0.05, 0) is 42.7 Å². The lowest BCUT2D eigenvalue weighted by Gasteiger charge is -2.46. The number of aromatic nitrogens is 1. The van der Waals surface area contributed by atoms with Gasteiger partial charge >= 0.3 is 0 Å². The number of amides is 1. The molecule has 0 bridgehead atoms. The first-order chi connectivity index (χ1) is 14.2.